The summed E-state index contributed by atoms with van der Waals surface area (Å²) in [5.74, 6) is -0.0765. The molecule has 0 saturated heterocycles. The third-order valence-electron chi connectivity index (χ3n) is 3.20. The first-order valence-electron chi connectivity index (χ1n) is 7.81. The van der Waals surface area contributed by atoms with E-state index in [0.29, 0.717) is 5.76 Å². The Bertz CT molecular complexity index is 675. The zero-order valence-electron chi connectivity index (χ0n) is 13.8. The Hall–Kier alpha value is -2.82. The summed E-state index contributed by atoms with van der Waals surface area (Å²) >= 11 is 0. The normalized spacial score (nSPS) is 12.3. The minimum atomic E-state index is -0.453. The fourth-order valence-electron chi connectivity index (χ4n) is 2.18. The number of benzene rings is 1. The highest BCUT2D eigenvalue weighted by Crippen LogP contribution is 2.18. The van der Waals surface area contributed by atoms with Crippen molar-refractivity contribution in [3.05, 3.63) is 66.1 Å². The van der Waals surface area contributed by atoms with E-state index in [0.717, 1.165) is 5.56 Å². The molecule has 0 aliphatic carbocycles. The number of carbonyl (C=O) groups excluding carboxylic acids is 2. The van der Waals surface area contributed by atoms with Crippen molar-refractivity contribution in [1.29, 1.82) is 0 Å². The van der Waals surface area contributed by atoms with E-state index in [9.17, 15) is 9.59 Å². The van der Waals surface area contributed by atoms with Crippen LogP contribution in [0.1, 0.15) is 37.6 Å². The molecule has 0 spiro atoms. The summed E-state index contributed by atoms with van der Waals surface area (Å²) < 4.78 is 10.3. The summed E-state index contributed by atoms with van der Waals surface area (Å²) in [5, 5.41) is 2.83. The van der Waals surface area contributed by atoms with E-state index in [-0.39, 0.29) is 24.4 Å². The number of hydrogen-bond acceptors (Lipinski definition) is 4. The molecule has 5 nitrogen and oxygen atoms in total. The molecule has 24 heavy (non-hydrogen) atoms. The Balaban J connectivity index is 2.05. The lowest BCUT2D eigenvalue weighted by atomic mass is 10.0. The number of hydrogen-bond donors (Lipinski definition) is 1. The molecule has 1 unspecified atom stereocenters. The summed E-state index contributed by atoms with van der Waals surface area (Å²) in [7, 11) is 0. The number of esters is 1. The van der Waals surface area contributed by atoms with Gasteiger partial charge < -0.3 is 14.5 Å². The van der Waals surface area contributed by atoms with E-state index in [1.165, 1.54) is 12.3 Å². The van der Waals surface area contributed by atoms with E-state index < -0.39 is 6.04 Å². The van der Waals surface area contributed by atoms with Gasteiger partial charge in [-0.1, -0.05) is 30.3 Å². The van der Waals surface area contributed by atoms with Crippen molar-refractivity contribution in [2.75, 3.05) is 0 Å². The first-order chi connectivity index (χ1) is 11.5. The van der Waals surface area contributed by atoms with Crippen LogP contribution in [-0.2, 0) is 14.3 Å². The van der Waals surface area contributed by atoms with Crippen molar-refractivity contribution in [2.24, 2.45) is 0 Å². The first-order valence-corrected chi connectivity index (χ1v) is 7.81. The molecular formula is C19H21NO4. The third kappa shape index (κ3) is 5.76. The Labute approximate surface area is 141 Å². The molecule has 1 amide bonds. The largest absolute Gasteiger partial charge is 0.465 e. The Morgan fingerprint density at radius 1 is 1.17 bits per heavy atom. The van der Waals surface area contributed by atoms with Crippen molar-refractivity contribution in [2.45, 2.75) is 32.4 Å². The van der Waals surface area contributed by atoms with E-state index in [2.05, 4.69) is 5.32 Å². The van der Waals surface area contributed by atoms with Gasteiger partial charge in [0.1, 0.15) is 5.76 Å². The van der Waals surface area contributed by atoms with Crippen LogP contribution < -0.4 is 5.32 Å². The van der Waals surface area contributed by atoms with E-state index >= 15 is 0 Å². The molecular weight excluding hydrogens is 306 g/mol. The van der Waals surface area contributed by atoms with Crippen LogP contribution >= 0.6 is 0 Å². The van der Waals surface area contributed by atoms with E-state index in [1.54, 1.807) is 32.1 Å². The molecule has 1 heterocycles. The van der Waals surface area contributed by atoms with Gasteiger partial charge in [-0.2, -0.15) is 0 Å². The molecule has 5 heteroatoms. The minimum Gasteiger partial charge on any atom is -0.465 e. The van der Waals surface area contributed by atoms with Crippen molar-refractivity contribution < 1.29 is 18.7 Å². The predicted octanol–water partition coefficient (Wildman–Crippen LogP) is 3.49. The topological polar surface area (TPSA) is 68.5 Å². The van der Waals surface area contributed by atoms with Crippen LogP contribution in [0.25, 0.3) is 6.08 Å². The number of carbonyl (C=O) groups is 2. The van der Waals surface area contributed by atoms with E-state index in [4.69, 9.17) is 9.15 Å². The van der Waals surface area contributed by atoms with Crippen LogP contribution in [0.15, 0.2) is 59.2 Å². The summed E-state index contributed by atoms with van der Waals surface area (Å²) in [6.45, 7) is 3.58. The lowest BCUT2D eigenvalue weighted by Gasteiger charge is -2.18. The molecule has 0 saturated carbocycles. The number of amides is 1. The molecule has 1 aromatic carbocycles. The van der Waals surface area contributed by atoms with Crippen LogP contribution in [-0.4, -0.2) is 18.0 Å². The highest BCUT2D eigenvalue weighted by Gasteiger charge is 2.19. The van der Waals surface area contributed by atoms with Crippen molar-refractivity contribution in [3.8, 4) is 0 Å². The quantitative estimate of drug-likeness (QED) is 0.624. The molecule has 1 N–H and O–H groups in total. The second-order valence-corrected chi connectivity index (χ2v) is 5.56. The van der Waals surface area contributed by atoms with Gasteiger partial charge in [-0.25, -0.2) is 0 Å². The Morgan fingerprint density at radius 2 is 1.92 bits per heavy atom. The Morgan fingerprint density at radius 3 is 2.54 bits per heavy atom. The second kappa shape index (κ2) is 8.72. The van der Waals surface area contributed by atoms with Crippen molar-refractivity contribution in [1.82, 2.24) is 5.32 Å². The molecule has 0 aliphatic heterocycles. The molecule has 0 aliphatic rings. The lowest BCUT2D eigenvalue weighted by Crippen LogP contribution is -2.29. The zero-order valence-corrected chi connectivity index (χ0v) is 13.8. The van der Waals surface area contributed by atoms with Crippen molar-refractivity contribution >= 4 is 18.0 Å². The van der Waals surface area contributed by atoms with Gasteiger partial charge >= 0.3 is 5.97 Å². The SMILES string of the molecule is CC(C)OC(=O)CC(NC(=O)/C=C/c1ccco1)c1ccccc1. The molecule has 126 valence electrons. The standard InChI is InChI=1S/C19H21NO4/c1-14(2)24-19(22)13-17(15-7-4-3-5-8-15)20-18(21)11-10-16-9-6-12-23-16/h3-12,14,17H,13H2,1-2H3,(H,20,21)/b11-10+. The molecule has 1 atom stereocenters. The summed E-state index contributed by atoms with van der Waals surface area (Å²) in [4.78, 5) is 24.1. The number of rotatable bonds is 7. The minimum absolute atomic E-state index is 0.0719. The summed E-state index contributed by atoms with van der Waals surface area (Å²) in [5.41, 5.74) is 0.845. The fourth-order valence-corrected chi connectivity index (χ4v) is 2.18. The van der Waals surface area contributed by atoms with Crippen LogP contribution in [0.5, 0.6) is 0 Å². The average Bonchev–Trinajstić information content (AvgIpc) is 3.06. The summed E-state index contributed by atoms with van der Waals surface area (Å²) in [6.07, 6.45) is 4.37. The molecule has 2 rings (SSSR count). The van der Waals surface area contributed by atoms with Gasteiger partial charge in [-0.05, 0) is 37.6 Å². The summed E-state index contributed by atoms with van der Waals surface area (Å²) in [6, 6.07) is 12.4. The second-order valence-electron chi connectivity index (χ2n) is 5.56. The maximum absolute atomic E-state index is 12.1. The molecule has 0 bridgehead atoms. The smallest absolute Gasteiger partial charge is 0.308 e. The maximum Gasteiger partial charge on any atom is 0.308 e. The number of nitrogens with one attached hydrogen (secondary N) is 1. The highest BCUT2D eigenvalue weighted by molar-refractivity contribution is 5.92. The van der Waals surface area contributed by atoms with Gasteiger partial charge in [0.05, 0.1) is 24.8 Å². The lowest BCUT2D eigenvalue weighted by molar-refractivity contribution is -0.148. The van der Waals surface area contributed by atoms with Crippen molar-refractivity contribution in [3.63, 3.8) is 0 Å². The maximum atomic E-state index is 12.1. The third-order valence-corrected chi connectivity index (χ3v) is 3.20. The zero-order chi connectivity index (χ0) is 17.4. The Kier molecular flexibility index (Phi) is 6.37. The van der Waals surface area contributed by atoms with Gasteiger partial charge in [0.25, 0.3) is 0 Å². The fraction of sp³-hybridized carbons (Fsp3) is 0.263. The van der Waals surface area contributed by atoms with Gasteiger partial charge in [-0.15, -0.1) is 0 Å². The van der Waals surface area contributed by atoms with Gasteiger partial charge in [0, 0.05) is 6.08 Å². The molecule has 1 aromatic heterocycles. The van der Waals surface area contributed by atoms with E-state index in [1.807, 2.05) is 30.3 Å². The molecule has 0 radical (unpaired) electrons. The van der Waals surface area contributed by atoms with Crippen LogP contribution in [0.3, 0.4) is 0 Å². The highest BCUT2D eigenvalue weighted by atomic mass is 16.5. The first kappa shape index (κ1) is 17.5. The van der Waals surface area contributed by atoms with Crippen LogP contribution in [0.4, 0.5) is 0 Å². The predicted molar refractivity (Wildman–Crippen MR) is 90.9 cm³/mol. The molecule has 0 fully saturated rings. The van der Waals surface area contributed by atoms with Gasteiger partial charge in [-0.3, -0.25) is 9.59 Å². The monoisotopic (exact) mass is 327 g/mol. The molecule has 2 aromatic rings. The van der Waals surface area contributed by atoms with Crippen LogP contribution in [0.2, 0.25) is 0 Å². The van der Waals surface area contributed by atoms with Gasteiger partial charge in [0.2, 0.25) is 5.91 Å². The number of ether oxygens (including phenoxy) is 1. The number of furan rings is 1. The average molecular weight is 327 g/mol. The van der Waals surface area contributed by atoms with Crippen LogP contribution in [0, 0.1) is 0 Å². The van der Waals surface area contributed by atoms with Gasteiger partial charge in [0.15, 0.2) is 0 Å².